The summed E-state index contributed by atoms with van der Waals surface area (Å²) in [5.41, 5.74) is 7.46. The van der Waals surface area contributed by atoms with E-state index in [0.717, 1.165) is 29.5 Å². The standard InChI is InChI=1S/C19H24ClN5/c20-15-7-5-14(6-8-15)13-23-19-16(18(21)22)9-10-17(24-19)25-11-3-1-2-4-12-25/h5-10H,1-4,11-13H2,(H3,21,22)(H,23,24). The minimum Gasteiger partial charge on any atom is -0.384 e. The molecule has 2 aromatic rings. The molecule has 4 N–H and O–H groups in total. The van der Waals surface area contributed by atoms with Crippen LogP contribution in [0.4, 0.5) is 11.6 Å². The van der Waals surface area contributed by atoms with Crippen LogP contribution in [-0.2, 0) is 6.54 Å². The van der Waals surface area contributed by atoms with E-state index in [1.54, 1.807) is 0 Å². The van der Waals surface area contributed by atoms with Gasteiger partial charge in [0.05, 0.1) is 5.56 Å². The molecule has 132 valence electrons. The van der Waals surface area contributed by atoms with Gasteiger partial charge >= 0.3 is 0 Å². The van der Waals surface area contributed by atoms with Gasteiger partial charge in [0.15, 0.2) is 0 Å². The van der Waals surface area contributed by atoms with E-state index in [4.69, 9.17) is 27.7 Å². The van der Waals surface area contributed by atoms with Gasteiger partial charge in [-0.1, -0.05) is 36.6 Å². The largest absolute Gasteiger partial charge is 0.384 e. The quantitative estimate of drug-likeness (QED) is 0.558. The molecule has 1 aliphatic rings. The zero-order valence-electron chi connectivity index (χ0n) is 14.3. The summed E-state index contributed by atoms with van der Waals surface area (Å²) in [6, 6.07) is 11.5. The number of nitrogens with zero attached hydrogens (tertiary/aromatic N) is 2. The molecule has 1 saturated heterocycles. The number of amidine groups is 1. The zero-order valence-corrected chi connectivity index (χ0v) is 15.0. The fourth-order valence-corrected chi connectivity index (χ4v) is 3.19. The van der Waals surface area contributed by atoms with E-state index in [1.165, 1.54) is 25.7 Å². The molecule has 0 amide bonds. The van der Waals surface area contributed by atoms with E-state index in [2.05, 4.69) is 10.2 Å². The molecule has 3 rings (SSSR count). The van der Waals surface area contributed by atoms with Crippen molar-refractivity contribution < 1.29 is 0 Å². The van der Waals surface area contributed by atoms with Gasteiger partial charge in [0.1, 0.15) is 17.5 Å². The van der Waals surface area contributed by atoms with E-state index in [1.807, 2.05) is 36.4 Å². The van der Waals surface area contributed by atoms with Crippen LogP contribution in [0, 0.1) is 5.41 Å². The predicted molar refractivity (Wildman–Crippen MR) is 105 cm³/mol. The SMILES string of the molecule is N=C(N)c1ccc(N2CCCCCC2)nc1NCc1ccc(Cl)cc1. The van der Waals surface area contributed by atoms with Crippen molar-refractivity contribution in [2.24, 2.45) is 5.73 Å². The third-order valence-electron chi connectivity index (χ3n) is 4.47. The Morgan fingerprint density at radius 2 is 1.76 bits per heavy atom. The summed E-state index contributed by atoms with van der Waals surface area (Å²) >= 11 is 5.93. The normalized spacial score (nSPS) is 14.8. The monoisotopic (exact) mass is 357 g/mol. The molecule has 0 saturated carbocycles. The van der Waals surface area contributed by atoms with Crippen molar-refractivity contribution in [3.05, 3.63) is 52.5 Å². The first-order chi connectivity index (χ1) is 12.1. The number of rotatable bonds is 5. The van der Waals surface area contributed by atoms with Crippen LogP contribution in [0.5, 0.6) is 0 Å². The third kappa shape index (κ3) is 4.63. The number of nitrogens with one attached hydrogen (secondary N) is 2. The number of nitrogens with two attached hydrogens (primary N) is 1. The maximum absolute atomic E-state index is 7.80. The highest BCUT2D eigenvalue weighted by atomic mass is 35.5. The molecule has 0 unspecified atom stereocenters. The van der Waals surface area contributed by atoms with Crippen molar-refractivity contribution in [3.8, 4) is 0 Å². The zero-order chi connectivity index (χ0) is 17.6. The smallest absolute Gasteiger partial charge is 0.139 e. The first kappa shape index (κ1) is 17.5. The molecule has 0 aliphatic carbocycles. The van der Waals surface area contributed by atoms with E-state index >= 15 is 0 Å². The lowest BCUT2D eigenvalue weighted by Gasteiger charge is -2.23. The first-order valence-electron chi connectivity index (χ1n) is 8.72. The van der Waals surface area contributed by atoms with Gasteiger partial charge in [-0.25, -0.2) is 4.98 Å². The number of hydrogen-bond acceptors (Lipinski definition) is 4. The van der Waals surface area contributed by atoms with Gasteiger partial charge in [0.2, 0.25) is 0 Å². The van der Waals surface area contributed by atoms with Gasteiger partial charge in [-0.15, -0.1) is 0 Å². The van der Waals surface area contributed by atoms with E-state index in [0.29, 0.717) is 17.9 Å². The summed E-state index contributed by atoms with van der Waals surface area (Å²) in [7, 11) is 0. The van der Waals surface area contributed by atoms with E-state index < -0.39 is 0 Å². The average molecular weight is 358 g/mol. The molecule has 1 fully saturated rings. The summed E-state index contributed by atoms with van der Waals surface area (Å²) in [5.74, 6) is 1.63. The number of benzene rings is 1. The van der Waals surface area contributed by atoms with Gasteiger partial charge in [-0.05, 0) is 42.7 Å². The van der Waals surface area contributed by atoms with Crippen LogP contribution in [0.15, 0.2) is 36.4 Å². The Kier molecular flexibility index (Phi) is 5.76. The van der Waals surface area contributed by atoms with Gasteiger partial charge in [-0.3, -0.25) is 5.41 Å². The van der Waals surface area contributed by atoms with Gasteiger partial charge in [0.25, 0.3) is 0 Å². The number of hydrogen-bond donors (Lipinski definition) is 3. The fraction of sp³-hybridized carbons (Fsp3) is 0.368. The predicted octanol–water partition coefficient (Wildman–Crippen LogP) is 4.01. The Labute approximate surface area is 153 Å². The van der Waals surface area contributed by atoms with Crippen molar-refractivity contribution in [1.82, 2.24) is 4.98 Å². The molecule has 5 nitrogen and oxygen atoms in total. The van der Waals surface area contributed by atoms with Crippen molar-refractivity contribution in [2.45, 2.75) is 32.2 Å². The Bertz CT molecular complexity index is 721. The lowest BCUT2D eigenvalue weighted by molar-refractivity contribution is 0.726. The van der Waals surface area contributed by atoms with Crippen LogP contribution in [0.1, 0.15) is 36.8 Å². The van der Waals surface area contributed by atoms with Crippen molar-refractivity contribution in [3.63, 3.8) is 0 Å². The Balaban J connectivity index is 1.80. The van der Waals surface area contributed by atoms with Crippen LogP contribution in [0.3, 0.4) is 0 Å². The topological polar surface area (TPSA) is 78.0 Å². The van der Waals surface area contributed by atoms with Crippen LogP contribution in [-0.4, -0.2) is 23.9 Å². The van der Waals surface area contributed by atoms with E-state index in [9.17, 15) is 0 Å². The molecule has 0 atom stereocenters. The molecule has 25 heavy (non-hydrogen) atoms. The highest BCUT2D eigenvalue weighted by Crippen LogP contribution is 2.22. The molecular formula is C19H24ClN5. The summed E-state index contributed by atoms with van der Waals surface area (Å²) < 4.78 is 0. The summed E-state index contributed by atoms with van der Waals surface area (Å²) in [5, 5.41) is 11.8. The number of aromatic nitrogens is 1. The van der Waals surface area contributed by atoms with Crippen LogP contribution in [0.2, 0.25) is 5.02 Å². The number of anilines is 2. The molecule has 1 aromatic heterocycles. The highest BCUT2D eigenvalue weighted by molar-refractivity contribution is 6.30. The second-order valence-corrected chi connectivity index (χ2v) is 6.80. The lowest BCUT2D eigenvalue weighted by atomic mass is 10.2. The van der Waals surface area contributed by atoms with Crippen molar-refractivity contribution >= 4 is 29.1 Å². The highest BCUT2D eigenvalue weighted by Gasteiger charge is 2.14. The number of halogens is 1. The molecule has 1 aromatic carbocycles. The lowest BCUT2D eigenvalue weighted by Crippen LogP contribution is -2.26. The molecule has 0 radical (unpaired) electrons. The van der Waals surface area contributed by atoms with Gasteiger partial charge < -0.3 is 16.0 Å². The Morgan fingerprint density at radius 3 is 2.40 bits per heavy atom. The minimum absolute atomic E-state index is 0.0218. The number of nitrogen functional groups attached to an aromatic ring is 1. The maximum Gasteiger partial charge on any atom is 0.139 e. The maximum atomic E-state index is 7.80. The minimum atomic E-state index is 0.0218. The molecule has 6 heteroatoms. The van der Waals surface area contributed by atoms with Crippen LogP contribution < -0.4 is 16.0 Å². The fourth-order valence-electron chi connectivity index (χ4n) is 3.06. The summed E-state index contributed by atoms with van der Waals surface area (Å²) in [6.07, 6.45) is 4.96. The summed E-state index contributed by atoms with van der Waals surface area (Å²) in [6.45, 7) is 2.67. The second kappa shape index (κ2) is 8.21. The number of pyridine rings is 1. The average Bonchev–Trinajstić information content (AvgIpc) is 2.90. The Hall–Kier alpha value is -2.27. The Morgan fingerprint density at radius 1 is 1.08 bits per heavy atom. The van der Waals surface area contributed by atoms with Gasteiger partial charge in [-0.2, -0.15) is 0 Å². The molecule has 0 spiro atoms. The first-order valence-corrected chi connectivity index (χ1v) is 9.10. The van der Waals surface area contributed by atoms with Crippen LogP contribution >= 0.6 is 11.6 Å². The van der Waals surface area contributed by atoms with E-state index in [-0.39, 0.29) is 5.84 Å². The second-order valence-electron chi connectivity index (χ2n) is 6.36. The third-order valence-corrected chi connectivity index (χ3v) is 4.73. The molecular weight excluding hydrogens is 334 g/mol. The molecule has 2 heterocycles. The molecule has 0 bridgehead atoms. The van der Waals surface area contributed by atoms with Crippen molar-refractivity contribution in [2.75, 3.05) is 23.3 Å². The van der Waals surface area contributed by atoms with Crippen LogP contribution in [0.25, 0.3) is 0 Å². The van der Waals surface area contributed by atoms with Gasteiger partial charge in [0, 0.05) is 24.7 Å². The summed E-state index contributed by atoms with van der Waals surface area (Å²) in [4.78, 5) is 7.08. The van der Waals surface area contributed by atoms with Crippen molar-refractivity contribution in [1.29, 1.82) is 5.41 Å². The molecule has 1 aliphatic heterocycles.